The van der Waals surface area contributed by atoms with Crippen LogP contribution < -0.4 is 0 Å². The maximum atomic E-state index is 11.7. The molecule has 0 saturated carbocycles. The molecule has 1 aliphatic heterocycles. The van der Waals surface area contributed by atoms with Crippen molar-refractivity contribution < 1.29 is 4.79 Å². The van der Waals surface area contributed by atoms with E-state index in [-0.39, 0.29) is 6.04 Å². The Morgan fingerprint density at radius 1 is 1.24 bits per heavy atom. The number of aromatic nitrogens is 3. The highest BCUT2D eigenvalue weighted by molar-refractivity contribution is 7.14. The summed E-state index contributed by atoms with van der Waals surface area (Å²) in [7, 11) is 0. The molecule has 0 saturated heterocycles. The third-order valence-electron chi connectivity index (χ3n) is 4.92. The zero-order valence-corrected chi connectivity index (χ0v) is 15.4. The van der Waals surface area contributed by atoms with Crippen LogP contribution in [0.5, 0.6) is 0 Å². The fraction of sp³-hybridized carbons (Fsp3) is 0.316. The molecule has 4 rings (SSSR count). The number of amides is 1. The SMILES string of the molecule is Cc1sc2c(c1Cc1ccccc1)CN(C=O)[C@@H](C)c1nnc(C)n1-2. The third-order valence-corrected chi connectivity index (χ3v) is 6.10. The molecule has 5 nitrogen and oxygen atoms in total. The minimum Gasteiger partial charge on any atom is -0.331 e. The number of carbonyl (C=O) groups excluding carboxylic acids is 1. The summed E-state index contributed by atoms with van der Waals surface area (Å²) in [6.45, 7) is 6.74. The van der Waals surface area contributed by atoms with Gasteiger partial charge in [0, 0.05) is 17.0 Å². The molecule has 1 amide bonds. The van der Waals surface area contributed by atoms with Crippen LogP contribution in [-0.2, 0) is 17.8 Å². The quantitative estimate of drug-likeness (QED) is 0.677. The average molecular weight is 352 g/mol. The van der Waals surface area contributed by atoms with Crippen molar-refractivity contribution in [1.29, 1.82) is 0 Å². The molecule has 1 atom stereocenters. The Morgan fingerprint density at radius 2 is 2.00 bits per heavy atom. The van der Waals surface area contributed by atoms with Crippen molar-refractivity contribution >= 4 is 17.7 Å². The zero-order chi connectivity index (χ0) is 17.6. The molecule has 0 bridgehead atoms. The predicted molar refractivity (Wildman–Crippen MR) is 98.0 cm³/mol. The Bertz CT molecular complexity index is 929. The first-order chi connectivity index (χ1) is 12.1. The molecule has 6 heteroatoms. The number of hydrogen-bond donors (Lipinski definition) is 0. The smallest absolute Gasteiger partial charge is 0.210 e. The Kier molecular flexibility index (Phi) is 3.92. The lowest BCUT2D eigenvalue weighted by atomic mass is 10.0. The number of fused-ring (bicyclic) bond motifs is 3. The molecule has 3 heterocycles. The van der Waals surface area contributed by atoms with E-state index >= 15 is 0 Å². The van der Waals surface area contributed by atoms with Gasteiger partial charge in [0.25, 0.3) is 0 Å². The first-order valence-corrected chi connectivity index (χ1v) is 9.20. The predicted octanol–water partition coefficient (Wildman–Crippen LogP) is 3.57. The van der Waals surface area contributed by atoms with Crippen LogP contribution in [0, 0.1) is 13.8 Å². The molecule has 0 fully saturated rings. The normalized spacial score (nSPS) is 16.3. The molecular weight excluding hydrogens is 332 g/mol. The Balaban J connectivity index is 1.89. The largest absolute Gasteiger partial charge is 0.331 e. The highest BCUT2D eigenvalue weighted by atomic mass is 32.1. The summed E-state index contributed by atoms with van der Waals surface area (Å²) >= 11 is 1.77. The molecule has 2 aromatic heterocycles. The molecule has 0 aliphatic carbocycles. The fourth-order valence-electron chi connectivity index (χ4n) is 3.48. The van der Waals surface area contributed by atoms with Crippen molar-refractivity contribution in [2.24, 2.45) is 0 Å². The number of nitrogens with zero attached hydrogens (tertiary/aromatic N) is 4. The van der Waals surface area contributed by atoms with Crippen molar-refractivity contribution in [3.05, 3.63) is 63.5 Å². The summed E-state index contributed by atoms with van der Waals surface area (Å²) in [5.41, 5.74) is 3.81. The first kappa shape index (κ1) is 16.0. The van der Waals surface area contributed by atoms with Crippen LogP contribution in [0.3, 0.4) is 0 Å². The van der Waals surface area contributed by atoms with Crippen LogP contribution in [0.4, 0.5) is 0 Å². The molecule has 25 heavy (non-hydrogen) atoms. The Morgan fingerprint density at radius 3 is 2.72 bits per heavy atom. The summed E-state index contributed by atoms with van der Waals surface area (Å²) in [6.07, 6.45) is 1.80. The molecular formula is C19H20N4OS. The number of aryl methyl sites for hydroxylation is 2. The van der Waals surface area contributed by atoms with Crippen LogP contribution in [0.2, 0.25) is 0 Å². The van der Waals surface area contributed by atoms with Gasteiger partial charge in [-0.25, -0.2) is 0 Å². The van der Waals surface area contributed by atoms with E-state index in [0.717, 1.165) is 29.5 Å². The second kappa shape index (κ2) is 6.11. The molecule has 0 radical (unpaired) electrons. The van der Waals surface area contributed by atoms with Crippen LogP contribution >= 0.6 is 11.3 Å². The van der Waals surface area contributed by atoms with E-state index in [1.54, 1.807) is 11.3 Å². The van der Waals surface area contributed by atoms with E-state index in [2.05, 4.69) is 46.0 Å². The van der Waals surface area contributed by atoms with Gasteiger partial charge < -0.3 is 4.90 Å². The summed E-state index contributed by atoms with van der Waals surface area (Å²) in [5.74, 6) is 1.69. The van der Waals surface area contributed by atoms with Gasteiger partial charge in [-0.15, -0.1) is 21.5 Å². The van der Waals surface area contributed by atoms with E-state index in [4.69, 9.17) is 0 Å². The van der Waals surface area contributed by atoms with Gasteiger partial charge in [-0.3, -0.25) is 9.36 Å². The number of hydrogen-bond acceptors (Lipinski definition) is 4. The number of rotatable bonds is 3. The highest BCUT2D eigenvalue weighted by Gasteiger charge is 2.31. The van der Waals surface area contributed by atoms with Crippen molar-refractivity contribution in [3.63, 3.8) is 0 Å². The van der Waals surface area contributed by atoms with Gasteiger partial charge in [-0.05, 0) is 38.3 Å². The summed E-state index contributed by atoms with van der Waals surface area (Å²) in [4.78, 5) is 14.8. The molecule has 0 spiro atoms. The second-order valence-corrected chi connectivity index (χ2v) is 7.68. The zero-order valence-electron chi connectivity index (χ0n) is 14.6. The van der Waals surface area contributed by atoms with E-state index < -0.39 is 0 Å². The highest BCUT2D eigenvalue weighted by Crippen LogP contribution is 2.39. The average Bonchev–Trinajstić information content (AvgIpc) is 3.10. The molecule has 1 aromatic carbocycles. The van der Waals surface area contributed by atoms with Crippen molar-refractivity contribution in [2.75, 3.05) is 0 Å². The monoisotopic (exact) mass is 352 g/mol. The van der Waals surface area contributed by atoms with Gasteiger partial charge in [-0.2, -0.15) is 0 Å². The van der Waals surface area contributed by atoms with Crippen LogP contribution in [0.15, 0.2) is 30.3 Å². The van der Waals surface area contributed by atoms with Crippen molar-refractivity contribution in [1.82, 2.24) is 19.7 Å². The van der Waals surface area contributed by atoms with Gasteiger partial charge in [0.15, 0.2) is 5.82 Å². The molecule has 128 valence electrons. The minimum atomic E-state index is -0.0943. The van der Waals surface area contributed by atoms with Gasteiger partial charge in [0.2, 0.25) is 6.41 Å². The van der Waals surface area contributed by atoms with Gasteiger partial charge in [0.05, 0.1) is 6.04 Å². The van der Waals surface area contributed by atoms with E-state index in [9.17, 15) is 4.79 Å². The molecule has 3 aromatic rings. The lowest BCUT2D eigenvalue weighted by Crippen LogP contribution is -2.25. The maximum Gasteiger partial charge on any atom is 0.210 e. The lowest BCUT2D eigenvalue weighted by molar-refractivity contribution is -0.120. The minimum absolute atomic E-state index is 0.0943. The maximum absolute atomic E-state index is 11.7. The lowest BCUT2D eigenvalue weighted by Gasteiger charge is -2.21. The van der Waals surface area contributed by atoms with Gasteiger partial charge >= 0.3 is 0 Å². The second-order valence-electron chi connectivity index (χ2n) is 6.48. The van der Waals surface area contributed by atoms with Crippen molar-refractivity contribution in [3.8, 4) is 5.00 Å². The standard InChI is InChI=1S/C19H20N4OS/c1-12-18-21-20-14(3)23(18)19-17(10-22(12)11-24)16(13(2)25-19)9-15-7-5-4-6-8-15/h4-8,11-12H,9-10H2,1-3H3/t12-/m0/s1. The van der Waals surface area contributed by atoms with Crippen LogP contribution in [0.25, 0.3) is 5.00 Å². The summed E-state index contributed by atoms with van der Waals surface area (Å²) in [5, 5.41) is 9.74. The topological polar surface area (TPSA) is 51.0 Å². The van der Waals surface area contributed by atoms with Crippen LogP contribution in [0.1, 0.15) is 46.2 Å². The molecule has 0 N–H and O–H groups in total. The summed E-state index contributed by atoms with van der Waals surface area (Å²) < 4.78 is 2.12. The third kappa shape index (κ3) is 2.57. The number of thiophene rings is 1. The van der Waals surface area contributed by atoms with E-state index in [1.165, 1.54) is 21.6 Å². The number of carbonyl (C=O) groups is 1. The molecule has 0 unspecified atom stereocenters. The van der Waals surface area contributed by atoms with Gasteiger partial charge in [-0.1, -0.05) is 30.3 Å². The Labute approximate surface area is 150 Å². The van der Waals surface area contributed by atoms with E-state index in [0.29, 0.717) is 6.54 Å². The molecule has 1 aliphatic rings. The number of benzene rings is 1. The van der Waals surface area contributed by atoms with Gasteiger partial charge in [0.1, 0.15) is 10.8 Å². The van der Waals surface area contributed by atoms with E-state index in [1.807, 2.05) is 24.8 Å². The summed E-state index contributed by atoms with van der Waals surface area (Å²) in [6, 6.07) is 10.4. The fourth-order valence-corrected chi connectivity index (χ4v) is 4.72. The van der Waals surface area contributed by atoms with Crippen molar-refractivity contribution in [2.45, 2.75) is 39.8 Å². The first-order valence-electron chi connectivity index (χ1n) is 8.38. The van der Waals surface area contributed by atoms with Crippen LogP contribution in [-0.4, -0.2) is 26.1 Å². The Hall–Kier alpha value is -2.47.